The minimum absolute atomic E-state index is 0.113. The highest BCUT2D eigenvalue weighted by atomic mass is 32.1. The second kappa shape index (κ2) is 6.48. The zero-order valence-corrected chi connectivity index (χ0v) is 14.9. The maximum Gasteiger partial charge on any atom is 0.267 e. The molecule has 0 aliphatic heterocycles. The van der Waals surface area contributed by atoms with Crippen molar-refractivity contribution in [3.8, 4) is 0 Å². The number of carbonyl (C=O) groups excluding carboxylic acids is 1. The van der Waals surface area contributed by atoms with Gasteiger partial charge in [0.25, 0.3) is 5.91 Å². The van der Waals surface area contributed by atoms with Gasteiger partial charge in [-0.1, -0.05) is 30.3 Å². The molecule has 0 saturated heterocycles. The van der Waals surface area contributed by atoms with Gasteiger partial charge in [0.05, 0.1) is 6.54 Å². The highest BCUT2D eigenvalue weighted by Gasteiger charge is 2.34. The quantitative estimate of drug-likeness (QED) is 0.499. The molecule has 6 heteroatoms. The van der Waals surface area contributed by atoms with Gasteiger partial charge in [-0.25, -0.2) is 0 Å². The third kappa shape index (κ3) is 3.00. The van der Waals surface area contributed by atoms with E-state index in [-0.39, 0.29) is 12.5 Å². The predicted octanol–water partition coefficient (Wildman–Crippen LogP) is 3.96. The number of H-pyrrole nitrogens is 1. The van der Waals surface area contributed by atoms with E-state index in [9.17, 15) is 9.90 Å². The Morgan fingerprint density at radius 2 is 1.72 bits per heavy atom. The number of hydrogen-bond donors (Lipinski definition) is 3. The predicted molar refractivity (Wildman–Crippen MR) is 102 cm³/mol. The topological polar surface area (TPSA) is 65.1 Å². The molecule has 1 aromatic carbocycles. The van der Waals surface area contributed by atoms with Crippen LogP contribution in [0.3, 0.4) is 0 Å². The minimum atomic E-state index is -1.22. The van der Waals surface area contributed by atoms with E-state index in [1.54, 1.807) is 0 Å². The van der Waals surface area contributed by atoms with E-state index in [2.05, 4.69) is 10.3 Å². The molecule has 0 radical (unpaired) electrons. The molecule has 4 aromatic rings. The van der Waals surface area contributed by atoms with Gasteiger partial charge in [-0.05, 0) is 35.0 Å². The minimum Gasteiger partial charge on any atom is -0.377 e. The lowest BCUT2D eigenvalue weighted by atomic mass is 9.99. The van der Waals surface area contributed by atoms with Crippen LogP contribution < -0.4 is 5.32 Å². The number of hydrogen-bond acceptors (Lipinski definition) is 4. The lowest BCUT2D eigenvalue weighted by molar-refractivity contribution is 0.0737. The summed E-state index contributed by atoms with van der Waals surface area (Å²) < 4.78 is 0. The molecule has 0 spiro atoms. The summed E-state index contributed by atoms with van der Waals surface area (Å²) in [6.45, 7) is 0.113. The van der Waals surface area contributed by atoms with Crippen LogP contribution in [0.2, 0.25) is 0 Å². The van der Waals surface area contributed by atoms with Crippen molar-refractivity contribution in [1.29, 1.82) is 0 Å². The Morgan fingerprint density at radius 1 is 1.04 bits per heavy atom. The molecule has 4 rings (SSSR count). The van der Waals surface area contributed by atoms with Gasteiger partial charge in [-0.3, -0.25) is 4.79 Å². The van der Waals surface area contributed by atoms with Crippen LogP contribution in [0, 0.1) is 0 Å². The molecule has 0 aliphatic carbocycles. The molecule has 0 atom stereocenters. The van der Waals surface area contributed by atoms with Crippen LogP contribution in [-0.2, 0) is 5.60 Å². The van der Waals surface area contributed by atoms with Crippen LogP contribution >= 0.6 is 22.7 Å². The number of thiophene rings is 2. The number of nitrogens with one attached hydrogen (secondary N) is 2. The fourth-order valence-electron chi connectivity index (χ4n) is 2.82. The summed E-state index contributed by atoms with van der Waals surface area (Å²) >= 11 is 2.95. The second-order valence-electron chi connectivity index (χ2n) is 5.77. The summed E-state index contributed by atoms with van der Waals surface area (Å²) in [5.74, 6) is -0.234. The Morgan fingerprint density at radius 3 is 2.32 bits per heavy atom. The third-order valence-electron chi connectivity index (χ3n) is 4.14. The van der Waals surface area contributed by atoms with E-state index < -0.39 is 5.60 Å². The monoisotopic (exact) mass is 368 g/mol. The lowest BCUT2D eigenvalue weighted by Crippen LogP contribution is -2.40. The van der Waals surface area contributed by atoms with E-state index >= 15 is 0 Å². The molecule has 0 bridgehead atoms. The van der Waals surface area contributed by atoms with Gasteiger partial charge in [0.15, 0.2) is 0 Å². The van der Waals surface area contributed by atoms with Crippen LogP contribution in [0.25, 0.3) is 10.9 Å². The van der Waals surface area contributed by atoms with Gasteiger partial charge >= 0.3 is 0 Å². The van der Waals surface area contributed by atoms with Gasteiger partial charge in [-0.15, -0.1) is 22.7 Å². The first-order chi connectivity index (χ1) is 12.2. The summed E-state index contributed by atoms with van der Waals surface area (Å²) in [5.41, 5.74) is 0.185. The SMILES string of the molecule is O=C(NCC(O)(c1cccs1)c1cccs1)c1cc2ccccc2[nH]1. The molecule has 0 unspecified atom stereocenters. The van der Waals surface area contributed by atoms with Crippen LogP contribution in [0.5, 0.6) is 0 Å². The van der Waals surface area contributed by atoms with E-state index in [1.807, 2.05) is 65.4 Å². The summed E-state index contributed by atoms with van der Waals surface area (Å²) in [4.78, 5) is 17.3. The van der Waals surface area contributed by atoms with Gasteiger partial charge in [0.2, 0.25) is 0 Å². The van der Waals surface area contributed by atoms with Gasteiger partial charge in [-0.2, -0.15) is 0 Å². The first-order valence-electron chi connectivity index (χ1n) is 7.83. The normalized spacial score (nSPS) is 11.7. The number of aromatic amines is 1. The first-order valence-corrected chi connectivity index (χ1v) is 9.59. The largest absolute Gasteiger partial charge is 0.377 e. The molecule has 4 nitrogen and oxygen atoms in total. The molecule has 0 fully saturated rings. The molecule has 126 valence electrons. The van der Waals surface area contributed by atoms with E-state index in [1.165, 1.54) is 22.7 Å². The maximum absolute atomic E-state index is 12.6. The van der Waals surface area contributed by atoms with Crippen molar-refractivity contribution in [2.75, 3.05) is 6.54 Å². The molecule has 0 saturated carbocycles. The van der Waals surface area contributed by atoms with E-state index in [0.29, 0.717) is 5.69 Å². The molecule has 3 aromatic heterocycles. The number of aromatic nitrogens is 1. The summed E-state index contributed by atoms with van der Waals surface area (Å²) in [7, 11) is 0. The van der Waals surface area contributed by atoms with Crippen molar-refractivity contribution in [2.45, 2.75) is 5.60 Å². The van der Waals surface area contributed by atoms with Gasteiger partial charge in [0, 0.05) is 20.7 Å². The number of rotatable bonds is 5. The van der Waals surface area contributed by atoms with Crippen molar-refractivity contribution < 1.29 is 9.90 Å². The number of benzene rings is 1. The summed E-state index contributed by atoms with van der Waals surface area (Å²) in [5, 5.41) is 19.0. The average Bonchev–Trinajstić information content (AvgIpc) is 3.40. The standard InChI is InChI=1S/C19H16N2O2S2/c22-18(15-11-13-5-1-2-6-14(13)21-15)20-12-19(23,16-7-3-9-24-16)17-8-4-10-25-17/h1-11,21,23H,12H2,(H,20,22). The van der Waals surface area contributed by atoms with Crippen molar-refractivity contribution in [3.63, 3.8) is 0 Å². The Balaban J connectivity index is 1.58. The highest BCUT2D eigenvalue weighted by Crippen LogP contribution is 2.35. The molecule has 3 heterocycles. The Bertz CT molecular complexity index is 920. The Labute approximate surface area is 152 Å². The number of aliphatic hydroxyl groups is 1. The zero-order valence-electron chi connectivity index (χ0n) is 13.2. The molecule has 0 aliphatic rings. The fraction of sp³-hybridized carbons (Fsp3) is 0.105. The highest BCUT2D eigenvalue weighted by molar-refractivity contribution is 7.11. The molecular formula is C19H16N2O2S2. The molecular weight excluding hydrogens is 352 g/mol. The van der Waals surface area contributed by atoms with Gasteiger partial charge in [0.1, 0.15) is 11.3 Å². The van der Waals surface area contributed by atoms with Crippen LogP contribution in [0.4, 0.5) is 0 Å². The fourth-order valence-corrected chi connectivity index (χ4v) is 4.56. The smallest absolute Gasteiger partial charge is 0.267 e. The van der Waals surface area contributed by atoms with Crippen LogP contribution in [0.1, 0.15) is 20.2 Å². The third-order valence-corrected chi connectivity index (χ3v) is 6.18. The van der Waals surface area contributed by atoms with Crippen molar-refractivity contribution in [3.05, 3.63) is 80.8 Å². The number of para-hydroxylation sites is 1. The van der Waals surface area contributed by atoms with Crippen molar-refractivity contribution >= 4 is 39.5 Å². The van der Waals surface area contributed by atoms with Gasteiger partial charge < -0.3 is 15.4 Å². The molecule has 25 heavy (non-hydrogen) atoms. The zero-order chi connectivity index (χ0) is 17.3. The first kappa shape index (κ1) is 16.1. The lowest BCUT2D eigenvalue weighted by Gasteiger charge is -2.26. The summed E-state index contributed by atoms with van der Waals surface area (Å²) in [6.07, 6.45) is 0. The van der Waals surface area contributed by atoms with Crippen molar-refractivity contribution in [1.82, 2.24) is 10.3 Å². The van der Waals surface area contributed by atoms with E-state index in [4.69, 9.17) is 0 Å². The van der Waals surface area contributed by atoms with E-state index in [0.717, 1.165) is 20.7 Å². The Kier molecular flexibility index (Phi) is 4.17. The summed E-state index contributed by atoms with van der Waals surface area (Å²) in [6, 6.07) is 17.1. The molecule has 3 N–H and O–H groups in total. The Hall–Kier alpha value is -2.41. The second-order valence-corrected chi connectivity index (χ2v) is 7.66. The van der Waals surface area contributed by atoms with Crippen molar-refractivity contribution in [2.24, 2.45) is 0 Å². The van der Waals surface area contributed by atoms with Crippen LogP contribution in [0.15, 0.2) is 65.4 Å². The molecule has 1 amide bonds. The number of amides is 1. The van der Waals surface area contributed by atoms with Crippen LogP contribution in [-0.4, -0.2) is 22.5 Å². The average molecular weight is 368 g/mol. The maximum atomic E-state index is 12.6. The number of carbonyl (C=O) groups is 1. The number of fused-ring (bicyclic) bond motifs is 1.